The summed E-state index contributed by atoms with van der Waals surface area (Å²) in [6, 6.07) is 25.1. The Morgan fingerprint density at radius 2 is 1.61 bits per heavy atom. The van der Waals surface area contributed by atoms with Gasteiger partial charge in [-0.2, -0.15) is 5.10 Å². The molecule has 28 heavy (non-hydrogen) atoms. The van der Waals surface area contributed by atoms with Crippen molar-refractivity contribution in [3.63, 3.8) is 0 Å². The van der Waals surface area contributed by atoms with E-state index in [1.807, 2.05) is 24.3 Å². The molecule has 4 nitrogen and oxygen atoms in total. The van der Waals surface area contributed by atoms with Gasteiger partial charge in [0.05, 0.1) is 23.0 Å². The van der Waals surface area contributed by atoms with Crippen LogP contribution in [0, 0.1) is 0 Å². The number of nitrogens with zero attached hydrogens (tertiary/aromatic N) is 3. The predicted octanol–water partition coefficient (Wildman–Crippen LogP) is 5.99. The van der Waals surface area contributed by atoms with Gasteiger partial charge in [0.15, 0.2) is 0 Å². The topological polar surface area (TPSA) is 42.8 Å². The number of furan rings is 1. The van der Waals surface area contributed by atoms with Crippen molar-refractivity contribution in [3.05, 3.63) is 84.6 Å². The first-order valence-corrected chi connectivity index (χ1v) is 9.48. The molecule has 0 radical (unpaired) electrons. The Balaban J connectivity index is 1.59. The van der Waals surface area contributed by atoms with E-state index in [1.165, 1.54) is 10.8 Å². The Morgan fingerprint density at radius 3 is 2.46 bits per heavy atom. The van der Waals surface area contributed by atoms with Crippen LogP contribution >= 0.6 is 0 Å². The fourth-order valence-electron chi connectivity index (χ4n) is 4.14. The lowest BCUT2D eigenvalue weighted by Crippen LogP contribution is -2.17. The van der Waals surface area contributed by atoms with Gasteiger partial charge in [0.2, 0.25) is 0 Å². The number of rotatable bonds is 1. The summed E-state index contributed by atoms with van der Waals surface area (Å²) >= 11 is 0. The third-order valence-corrected chi connectivity index (χ3v) is 5.48. The quantitative estimate of drug-likeness (QED) is 0.361. The van der Waals surface area contributed by atoms with E-state index in [-0.39, 0.29) is 0 Å². The van der Waals surface area contributed by atoms with E-state index in [2.05, 4.69) is 63.3 Å². The minimum Gasteiger partial charge on any atom is -0.464 e. The summed E-state index contributed by atoms with van der Waals surface area (Å²) in [7, 11) is 0. The molecule has 5 aromatic rings. The molecule has 0 unspecified atom stereocenters. The lowest BCUT2D eigenvalue weighted by atomic mass is 10.0. The van der Waals surface area contributed by atoms with Gasteiger partial charge in [0.25, 0.3) is 0 Å². The number of benzene rings is 3. The lowest BCUT2D eigenvalue weighted by Gasteiger charge is -2.15. The summed E-state index contributed by atoms with van der Waals surface area (Å²) in [5.74, 6) is 0.969. The number of hydrogen-bond donors (Lipinski definition) is 0. The summed E-state index contributed by atoms with van der Waals surface area (Å²) in [5.41, 5.74) is 5.34. The molecule has 1 aliphatic rings. The highest BCUT2D eigenvalue weighted by atomic mass is 16.3. The van der Waals surface area contributed by atoms with E-state index in [0.717, 1.165) is 52.0 Å². The largest absolute Gasteiger partial charge is 0.464 e. The van der Waals surface area contributed by atoms with Crippen molar-refractivity contribution < 1.29 is 4.42 Å². The summed E-state index contributed by atoms with van der Waals surface area (Å²) in [5, 5.41) is 12.8. The smallest absolute Gasteiger partial charge is 0.136 e. The predicted molar refractivity (Wildman–Crippen MR) is 114 cm³/mol. The van der Waals surface area contributed by atoms with Crippen molar-refractivity contribution in [2.75, 3.05) is 0 Å². The number of aromatic nitrogens is 1. The molecule has 0 spiro atoms. The molecule has 0 aliphatic carbocycles. The molecule has 4 heteroatoms. The van der Waals surface area contributed by atoms with Crippen molar-refractivity contribution in [2.24, 2.45) is 10.2 Å². The van der Waals surface area contributed by atoms with Gasteiger partial charge < -0.3 is 4.42 Å². The lowest BCUT2D eigenvalue weighted by molar-refractivity contribution is 0.616. The second kappa shape index (κ2) is 5.92. The van der Waals surface area contributed by atoms with Crippen LogP contribution in [-0.2, 0) is 0 Å². The van der Waals surface area contributed by atoms with E-state index in [0.29, 0.717) is 0 Å². The molecule has 0 atom stereocenters. The maximum absolute atomic E-state index is 5.66. The normalized spacial score (nSPS) is 14.6. The fourth-order valence-corrected chi connectivity index (χ4v) is 4.14. The number of fused-ring (bicyclic) bond motifs is 4. The first-order valence-electron chi connectivity index (χ1n) is 9.48. The zero-order valence-electron chi connectivity index (χ0n) is 15.2. The summed E-state index contributed by atoms with van der Waals surface area (Å²) < 4.78 is 7.89. The first-order chi connectivity index (χ1) is 13.9. The van der Waals surface area contributed by atoms with Gasteiger partial charge in [-0.1, -0.05) is 48.5 Å². The Morgan fingerprint density at radius 1 is 0.750 bits per heavy atom. The standard InChI is InChI=1S/C24H17N3O/c1-2-6-16(7-3-1)20-10-11-24(26-25-20)27-21-9-5-4-8-18(21)19-14-17-12-13-28-23(17)15-22(19)27/h1-9,12-15H,10-11H2. The van der Waals surface area contributed by atoms with Crippen LogP contribution in [0.3, 0.4) is 0 Å². The zero-order chi connectivity index (χ0) is 18.5. The number of para-hydroxylation sites is 1. The molecule has 6 rings (SSSR count). The Bertz CT molecular complexity index is 1400. The molecule has 3 aromatic carbocycles. The molecule has 0 amide bonds. The van der Waals surface area contributed by atoms with Crippen LogP contribution in [0.5, 0.6) is 0 Å². The summed E-state index contributed by atoms with van der Waals surface area (Å²) in [4.78, 5) is 0. The van der Waals surface area contributed by atoms with Crippen molar-refractivity contribution in [1.29, 1.82) is 0 Å². The zero-order valence-corrected chi connectivity index (χ0v) is 15.2. The second-order valence-corrected chi connectivity index (χ2v) is 7.11. The van der Waals surface area contributed by atoms with Gasteiger partial charge >= 0.3 is 0 Å². The van der Waals surface area contributed by atoms with Crippen LogP contribution in [-0.4, -0.2) is 16.1 Å². The van der Waals surface area contributed by atoms with Crippen LogP contribution in [0.1, 0.15) is 18.4 Å². The van der Waals surface area contributed by atoms with Gasteiger partial charge in [0.1, 0.15) is 11.4 Å². The first kappa shape index (κ1) is 15.4. The monoisotopic (exact) mass is 363 g/mol. The molecule has 1 aliphatic heterocycles. The van der Waals surface area contributed by atoms with Crippen molar-refractivity contribution >= 4 is 44.3 Å². The third kappa shape index (κ3) is 2.24. The maximum atomic E-state index is 5.66. The summed E-state index contributed by atoms with van der Waals surface area (Å²) in [6.45, 7) is 0. The SMILES string of the molecule is c1ccc(C2=NN=C(n3c4ccccc4c4cc5ccoc5cc43)CC2)cc1. The van der Waals surface area contributed by atoms with Gasteiger partial charge in [0, 0.05) is 28.6 Å². The van der Waals surface area contributed by atoms with E-state index < -0.39 is 0 Å². The van der Waals surface area contributed by atoms with Crippen LogP contribution < -0.4 is 0 Å². The van der Waals surface area contributed by atoms with E-state index in [9.17, 15) is 0 Å². The van der Waals surface area contributed by atoms with Crippen LogP contribution in [0.15, 0.2) is 93.7 Å². The van der Waals surface area contributed by atoms with Gasteiger partial charge in [-0.3, -0.25) is 4.57 Å². The highest BCUT2D eigenvalue weighted by Crippen LogP contribution is 2.33. The minimum atomic E-state index is 0.845. The Labute approximate surface area is 161 Å². The van der Waals surface area contributed by atoms with Crippen LogP contribution in [0.4, 0.5) is 0 Å². The Hall–Kier alpha value is -3.66. The van der Waals surface area contributed by atoms with E-state index >= 15 is 0 Å². The number of hydrogen-bond acceptors (Lipinski definition) is 3. The molecule has 0 saturated heterocycles. The third-order valence-electron chi connectivity index (χ3n) is 5.48. The van der Waals surface area contributed by atoms with Crippen LogP contribution in [0.2, 0.25) is 0 Å². The van der Waals surface area contributed by atoms with Crippen molar-refractivity contribution in [3.8, 4) is 0 Å². The molecular weight excluding hydrogens is 346 g/mol. The molecule has 134 valence electrons. The van der Waals surface area contributed by atoms with Crippen molar-refractivity contribution in [1.82, 2.24) is 4.57 Å². The minimum absolute atomic E-state index is 0.845. The highest BCUT2D eigenvalue weighted by molar-refractivity contribution is 6.17. The average Bonchev–Trinajstić information content (AvgIpc) is 3.35. The maximum Gasteiger partial charge on any atom is 0.136 e. The van der Waals surface area contributed by atoms with Gasteiger partial charge in [-0.05, 0) is 30.2 Å². The highest BCUT2D eigenvalue weighted by Gasteiger charge is 2.19. The molecule has 0 saturated carbocycles. The van der Waals surface area contributed by atoms with Gasteiger partial charge in [-0.25, -0.2) is 0 Å². The molecule has 0 bridgehead atoms. The van der Waals surface area contributed by atoms with E-state index in [4.69, 9.17) is 4.42 Å². The van der Waals surface area contributed by atoms with Gasteiger partial charge in [-0.15, -0.1) is 5.10 Å². The molecule has 0 fully saturated rings. The van der Waals surface area contributed by atoms with E-state index in [1.54, 1.807) is 6.26 Å². The fraction of sp³-hybridized carbons (Fsp3) is 0.0833. The van der Waals surface area contributed by atoms with Crippen molar-refractivity contribution in [2.45, 2.75) is 12.8 Å². The second-order valence-electron chi connectivity index (χ2n) is 7.11. The molecule has 3 heterocycles. The molecular formula is C24H17N3O. The molecule has 0 N–H and O–H groups in total. The average molecular weight is 363 g/mol. The molecule has 2 aromatic heterocycles. The van der Waals surface area contributed by atoms with Crippen LogP contribution in [0.25, 0.3) is 32.8 Å². The summed E-state index contributed by atoms with van der Waals surface area (Å²) in [6.07, 6.45) is 3.46. The Kier molecular flexibility index (Phi) is 3.26.